The summed E-state index contributed by atoms with van der Waals surface area (Å²) in [6.45, 7) is -3.23. The fourth-order valence-electron chi connectivity index (χ4n) is 0.376. The van der Waals surface area contributed by atoms with Gasteiger partial charge in [-0.25, -0.2) is 0 Å². The van der Waals surface area contributed by atoms with Gasteiger partial charge >= 0.3 is 0 Å². The van der Waals surface area contributed by atoms with Crippen LogP contribution in [0.5, 0.6) is 0 Å². The molecule has 1 atom stereocenters. The average molecular weight is 185 g/mol. The minimum absolute atomic E-state index is 0.144. The van der Waals surface area contributed by atoms with E-state index in [-0.39, 0.29) is 6.16 Å². The Morgan fingerprint density at radius 2 is 1.90 bits per heavy atom. The van der Waals surface area contributed by atoms with Crippen LogP contribution in [0.3, 0.4) is 0 Å². The van der Waals surface area contributed by atoms with Crippen LogP contribution in [-0.4, -0.2) is 46.3 Å². The highest BCUT2D eigenvalue weighted by molar-refractivity contribution is 8.09. The minimum atomic E-state index is -3.23. The highest BCUT2D eigenvalue weighted by Crippen LogP contribution is 2.35. The first-order valence-electron chi connectivity index (χ1n) is 2.72. The fraction of sp³-hybridized carbons (Fsp3) is 1.00. The molecule has 4 nitrogen and oxygen atoms in total. The zero-order valence-corrected chi connectivity index (χ0v) is 7.64. The molecule has 0 radical (unpaired) electrons. The van der Waals surface area contributed by atoms with E-state index in [1.54, 1.807) is 14.1 Å². The summed E-state index contributed by atoms with van der Waals surface area (Å²) < 4.78 is 0. The molecule has 0 aliphatic carbocycles. The van der Waals surface area contributed by atoms with Crippen LogP contribution in [0, 0.1) is 0 Å². The SMILES string of the molecule is CN(C)C(O)CP(O)(O)=S. The lowest BCUT2D eigenvalue weighted by Gasteiger charge is -2.19. The van der Waals surface area contributed by atoms with Crippen molar-refractivity contribution in [2.45, 2.75) is 6.23 Å². The molecule has 0 heterocycles. The molecule has 0 amide bonds. The van der Waals surface area contributed by atoms with E-state index in [0.29, 0.717) is 0 Å². The third-order valence-corrected chi connectivity index (χ3v) is 2.25. The number of hydrogen-bond acceptors (Lipinski definition) is 3. The Labute approximate surface area is 65.3 Å². The molecular formula is C4H12NO3PS. The van der Waals surface area contributed by atoms with Gasteiger partial charge in [0.25, 0.3) is 0 Å². The Balaban J connectivity index is 3.80. The highest BCUT2D eigenvalue weighted by Gasteiger charge is 2.16. The van der Waals surface area contributed by atoms with Crippen molar-refractivity contribution in [2.24, 2.45) is 0 Å². The second-order valence-corrected chi connectivity index (χ2v) is 5.74. The number of hydrogen-bond donors (Lipinski definition) is 3. The predicted octanol–water partition coefficient (Wildman–Crippen LogP) is -0.840. The molecule has 0 aliphatic rings. The average Bonchev–Trinajstić information content (AvgIpc) is 1.60. The molecule has 1 unspecified atom stereocenters. The zero-order valence-electron chi connectivity index (χ0n) is 5.93. The summed E-state index contributed by atoms with van der Waals surface area (Å²) in [5.41, 5.74) is 0. The fourth-order valence-corrected chi connectivity index (χ4v) is 1.53. The van der Waals surface area contributed by atoms with E-state index in [2.05, 4.69) is 11.8 Å². The van der Waals surface area contributed by atoms with Gasteiger partial charge in [0.15, 0.2) is 6.49 Å². The summed E-state index contributed by atoms with van der Waals surface area (Å²) in [6.07, 6.45) is -1.00. The Morgan fingerprint density at radius 1 is 1.50 bits per heavy atom. The van der Waals surface area contributed by atoms with Crippen LogP contribution in [0.25, 0.3) is 0 Å². The van der Waals surface area contributed by atoms with Crippen molar-refractivity contribution in [3.8, 4) is 0 Å². The van der Waals surface area contributed by atoms with Gasteiger partial charge in [0.2, 0.25) is 0 Å². The van der Waals surface area contributed by atoms with E-state index < -0.39 is 12.7 Å². The zero-order chi connectivity index (χ0) is 8.36. The molecular weight excluding hydrogens is 173 g/mol. The smallest absolute Gasteiger partial charge is 0.187 e. The van der Waals surface area contributed by atoms with Crippen molar-refractivity contribution < 1.29 is 14.9 Å². The van der Waals surface area contributed by atoms with E-state index >= 15 is 0 Å². The summed E-state index contributed by atoms with van der Waals surface area (Å²) in [6, 6.07) is 0. The third-order valence-electron chi connectivity index (χ3n) is 0.997. The maximum absolute atomic E-state index is 9.03. The summed E-state index contributed by atoms with van der Waals surface area (Å²) in [5, 5.41) is 9.03. The standard InChI is InChI=1S/C4H12NO3PS/c1-5(2)4(6)3-9(7,8)10/h4,6H,3H2,1-2H3,(H2,7,8,10). The first-order chi connectivity index (χ1) is 4.33. The molecule has 0 rings (SSSR count). The third kappa shape index (κ3) is 5.29. The Morgan fingerprint density at radius 3 is 2.00 bits per heavy atom. The maximum Gasteiger partial charge on any atom is 0.187 e. The van der Waals surface area contributed by atoms with Gasteiger partial charge in [-0.3, -0.25) is 4.90 Å². The van der Waals surface area contributed by atoms with Crippen LogP contribution in [0.1, 0.15) is 0 Å². The molecule has 0 aromatic rings. The molecule has 0 fully saturated rings. The second kappa shape index (κ2) is 3.76. The molecule has 0 aliphatic heterocycles. The number of aliphatic hydroxyl groups excluding tert-OH is 1. The van der Waals surface area contributed by atoms with Crippen LogP contribution in [-0.2, 0) is 11.8 Å². The molecule has 6 heteroatoms. The van der Waals surface area contributed by atoms with Crippen molar-refractivity contribution in [3.05, 3.63) is 0 Å². The van der Waals surface area contributed by atoms with Gasteiger partial charge < -0.3 is 14.9 Å². The highest BCUT2D eigenvalue weighted by atomic mass is 32.5. The summed E-state index contributed by atoms with van der Waals surface area (Å²) in [5.74, 6) is 0. The lowest BCUT2D eigenvalue weighted by Crippen LogP contribution is -2.30. The van der Waals surface area contributed by atoms with Crippen LogP contribution < -0.4 is 0 Å². The molecule has 0 aromatic carbocycles. The van der Waals surface area contributed by atoms with E-state index in [9.17, 15) is 0 Å². The van der Waals surface area contributed by atoms with Crippen molar-refractivity contribution in [3.63, 3.8) is 0 Å². The van der Waals surface area contributed by atoms with Gasteiger partial charge in [-0.05, 0) is 25.9 Å². The summed E-state index contributed by atoms with van der Waals surface area (Å²) in [7, 11) is 3.27. The Hall–Kier alpha value is 0.490. The number of nitrogens with zero attached hydrogens (tertiary/aromatic N) is 1. The van der Waals surface area contributed by atoms with Gasteiger partial charge in [-0.1, -0.05) is 0 Å². The monoisotopic (exact) mass is 185 g/mol. The lowest BCUT2D eigenvalue weighted by molar-refractivity contribution is 0.0584. The molecule has 62 valence electrons. The Kier molecular flexibility index (Phi) is 3.94. The molecule has 0 saturated heterocycles. The van der Waals surface area contributed by atoms with Crippen molar-refractivity contribution in [2.75, 3.05) is 20.3 Å². The lowest BCUT2D eigenvalue weighted by atomic mass is 10.6. The van der Waals surface area contributed by atoms with Gasteiger partial charge in [0.1, 0.15) is 6.23 Å². The van der Waals surface area contributed by atoms with Gasteiger partial charge in [-0.15, -0.1) is 0 Å². The topological polar surface area (TPSA) is 63.9 Å². The molecule has 0 spiro atoms. The molecule has 0 saturated carbocycles. The molecule has 3 N–H and O–H groups in total. The van der Waals surface area contributed by atoms with Crippen molar-refractivity contribution in [1.29, 1.82) is 0 Å². The minimum Gasteiger partial charge on any atom is -0.378 e. The van der Waals surface area contributed by atoms with Crippen LogP contribution in [0.4, 0.5) is 0 Å². The molecule has 0 aromatic heterocycles. The van der Waals surface area contributed by atoms with Crippen LogP contribution in [0.15, 0.2) is 0 Å². The van der Waals surface area contributed by atoms with Gasteiger partial charge in [0.05, 0.1) is 6.16 Å². The van der Waals surface area contributed by atoms with E-state index in [1.807, 2.05) is 0 Å². The number of aliphatic hydroxyl groups is 1. The van der Waals surface area contributed by atoms with Crippen LogP contribution >= 0.6 is 6.49 Å². The predicted molar refractivity (Wildman–Crippen MR) is 43.3 cm³/mol. The Bertz CT molecular complexity index is 145. The van der Waals surface area contributed by atoms with Crippen molar-refractivity contribution in [1.82, 2.24) is 4.90 Å². The molecule has 10 heavy (non-hydrogen) atoms. The van der Waals surface area contributed by atoms with Crippen LogP contribution in [0.2, 0.25) is 0 Å². The van der Waals surface area contributed by atoms with E-state index in [4.69, 9.17) is 14.9 Å². The maximum atomic E-state index is 9.03. The van der Waals surface area contributed by atoms with E-state index in [1.165, 1.54) is 4.90 Å². The van der Waals surface area contributed by atoms with Gasteiger partial charge in [-0.2, -0.15) is 0 Å². The quantitative estimate of drug-likeness (QED) is 0.395. The van der Waals surface area contributed by atoms with Crippen molar-refractivity contribution >= 4 is 18.3 Å². The molecule has 0 bridgehead atoms. The van der Waals surface area contributed by atoms with E-state index in [0.717, 1.165) is 0 Å². The first-order valence-corrected chi connectivity index (χ1v) is 5.61. The second-order valence-electron chi connectivity index (χ2n) is 2.29. The largest absolute Gasteiger partial charge is 0.378 e. The normalized spacial score (nSPS) is 15.8. The first kappa shape index (κ1) is 10.5. The number of rotatable bonds is 3. The summed E-state index contributed by atoms with van der Waals surface area (Å²) in [4.78, 5) is 18.9. The van der Waals surface area contributed by atoms with Gasteiger partial charge in [0, 0.05) is 0 Å². The summed E-state index contributed by atoms with van der Waals surface area (Å²) >= 11 is 4.32.